The van der Waals surface area contributed by atoms with Crippen molar-refractivity contribution in [3.8, 4) is 5.75 Å². The van der Waals surface area contributed by atoms with E-state index in [-0.39, 0.29) is 18.4 Å². The number of anilines is 1. The van der Waals surface area contributed by atoms with Crippen LogP contribution >= 0.6 is 0 Å². The number of carbonyl (C=O) groups is 2. The lowest BCUT2D eigenvalue weighted by molar-refractivity contribution is -0.128. The zero-order valence-electron chi connectivity index (χ0n) is 13.0. The highest BCUT2D eigenvalue weighted by Crippen LogP contribution is 2.33. The molecule has 1 atom stereocenters. The zero-order chi connectivity index (χ0) is 15.9. The molecule has 1 aromatic carbocycles. The standard InChI is InChI=1S/C16H22N2O4/c1-3-21-10-6-9-17-15(19)11-18-13-7-4-5-8-14(13)22-12(2)16(18)20/h4-5,7-8,12H,3,6,9-11H2,1-2H3,(H,17,19). The number of amides is 2. The van der Waals surface area contributed by atoms with Gasteiger partial charge in [0.25, 0.3) is 5.91 Å². The van der Waals surface area contributed by atoms with Gasteiger partial charge in [0, 0.05) is 19.8 Å². The van der Waals surface area contributed by atoms with E-state index >= 15 is 0 Å². The molecule has 1 aromatic rings. The SMILES string of the molecule is CCOCCCNC(=O)CN1C(=O)C(C)Oc2ccccc21. The minimum absolute atomic E-state index is 0.00180. The molecule has 0 radical (unpaired) electrons. The van der Waals surface area contributed by atoms with E-state index in [0.29, 0.717) is 31.2 Å². The third-order valence-electron chi connectivity index (χ3n) is 3.37. The van der Waals surface area contributed by atoms with Crippen LogP contribution in [0.5, 0.6) is 5.75 Å². The lowest BCUT2D eigenvalue weighted by Gasteiger charge is -2.32. The van der Waals surface area contributed by atoms with Crippen molar-refractivity contribution in [2.75, 3.05) is 31.2 Å². The van der Waals surface area contributed by atoms with Crippen LogP contribution in [-0.4, -0.2) is 44.2 Å². The number of carbonyl (C=O) groups excluding carboxylic acids is 2. The van der Waals surface area contributed by atoms with E-state index in [1.165, 1.54) is 4.90 Å². The van der Waals surface area contributed by atoms with E-state index in [4.69, 9.17) is 9.47 Å². The molecule has 0 saturated carbocycles. The summed E-state index contributed by atoms with van der Waals surface area (Å²) in [6.07, 6.45) is 0.171. The molecule has 120 valence electrons. The van der Waals surface area contributed by atoms with Gasteiger partial charge in [-0.25, -0.2) is 0 Å². The number of nitrogens with zero attached hydrogens (tertiary/aromatic N) is 1. The molecule has 6 heteroatoms. The van der Waals surface area contributed by atoms with E-state index in [1.807, 2.05) is 19.1 Å². The Hall–Kier alpha value is -2.08. The number of hydrogen-bond acceptors (Lipinski definition) is 4. The fourth-order valence-corrected chi connectivity index (χ4v) is 2.27. The maximum absolute atomic E-state index is 12.2. The third kappa shape index (κ3) is 3.98. The summed E-state index contributed by atoms with van der Waals surface area (Å²) < 4.78 is 10.8. The minimum atomic E-state index is -0.583. The van der Waals surface area contributed by atoms with Crippen LogP contribution in [0.1, 0.15) is 20.3 Å². The summed E-state index contributed by atoms with van der Waals surface area (Å²) in [4.78, 5) is 25.7. The van der Waals surface area contributed by atoms with E-state index in [9.17, 15) is 9.59 Å². The first-order chi connectivity index (χ1) is 10.6. The van der Waals surface area contributed by atoms with E-state index in [2.05, 4.69) is 5.32 Å². The van der Waals surface area contributed by atoms with Gasteiger partial charge in [-0.3, -0.25) is 14.5 Å². The molecule has 0 aromatic heterocycles. The van der Waals surface area contributed by atoms with Crippen LogP contribution in [-0.2, 0) is 14.3 Å². The van der Waals surface area contributed by atoms with Crippen LogP contribution in [0.2, 0.25) is 0 Å². The van der Waals surface area contributed by atoms with Gasteiger partial charge < -0.3 is 14.8 Å². The van der Waals surface area contributed by atoms with Crippen molar-refractivity contribution in [1.82, 2.24) is 5.32 Å². The number of ether oxygens (including phenoxy) is 2. The molecule has 1 unspecified atom stereocenters. The van der Waals surface area contributed by atoms with E-state index in [0.717, 1.165) is 6.42 Å². The summed E-state index contributed by atoms with van der Waals surface area (Å²) >= 11 is 0. The van der Waals surface area contributed by atoms with Gasteiger partial charge in [0.15, 0.2) is 6.10 Å². The molecule has 1 heterocycles. The molecule has 1 N–H and O–H groups in total. The number of para-hydroxylation sites is 2. The van der Waals surface area contributed by atoms with Crippen LogP contribution < -0.4 is 15.0 Å². The molecule has 6 nitrogen and oxygen atoms in total. The molecule has 1 aliphatic heterocycles. The molecule has 0 spiro atoms. The second kappa shape index (κ2) is 7.79. The molecule has 22 heavy (non-hydrogen) atoms. The molecule has 0 bridgehead atoms. The first-order valence-corrected chi connectivity index (χ1v) is 7.55. The van der Waals surface area contributed by atoms with Crippen molar-refractivity contribution in [3.05, 3.63) is 24.3 Å². The Morgan fingerprint density at radius 1 is 1.41 bits per heavy atom. The normalized spacial score (nSPS) is 16.9. The molecule has 0 aliphatic carbocycles. The summed E-state index contributed by atoms with van der Waals surface area (Å²) in [6.45, 7) is 5.44. The van der Waals surface area contributed by atoms with Crippen molar-refractivity contribution in [1.29, 1.82) is 0 Å². The zero-order valence-corrected chi connectivity index (χ0v) is 13.0. The number of benzene rings is 1. The lowest BCUT2D eigenvalue weighted by Crippen LogP contribution is -2.48. The molecule has 0 fully saturated rings. The predicted molar refractivity (Wildman–Crippen MR) is 83.0 cm³/mol. The first kappa shape index (κ1) is 16.3. The van der Waals surface area contributed by atoms with Gasteiger partial charge in [-0.15, -0.1) is 0 Å². The minimum Gasteiger partial charge on any atom is -0.479 e. The lowest BCUT2D eigenvalue weighted by atomic mass is 10.2. The van der Waals surface area contributed by atoms with E-state index < -0.39 is 6.10 Å². The second-order valence-electron chi connectivity index (χ2n) is 5.05. The van der Waals surface area contributed by atoms with Crippen LogP contribution in [0.15, 0.2) is 24.3 Å². The number of fused-ring (bicyclic) bond motifs is 1. The Bertz CT molecular complexity index is 533. The van der Waals surface area contributed by atoms with Crippen molar-refractivity contribution in [3.63, 3.8) is 0 Å². The fraction of sp³-hybridized carbons (Fsp3) is 0.500. The summed E-state index contributed by atoms with van der Waals surface area (Å²) in [5, 5.41) is 2.80. The van der Waals surface area contributed by atoms with Gasteiger partial charge in [-0.2, -0.15) is 0 Å². The van der Waals surface area contributed by atoms with Gasteiger partial charge in [0.1, 0.15) is 12.3 Å². The van der Waals surface area contributed by atoms with Gasteiger partial charge in [-0.05, 0) is 32.4 Å². The predicted octanol–water partition coefficient (Wildman–Crippen LogP) is 1.34. The summed E-state index contributed by atoms with van der Waals surface area (Å²) in [7, 11) is 0. The number of rotatable bonds is 7. The van der Waals surface area contributed by atoms with Crippen molar-refractivity contribution >= 4 is 17.5 Å². The molecular formula is C16H22N2O4. The van der Waals surface area contributed by atoms with Crippen molar-refractivity contribution in [2.45, 2.75) is 26.4 Å². The van der Waals surface area contributed by atoms with Crippen LogP contribution in [0, 0.1) is 0 Å². The van der Waals surface area contributed by atoms with E-state index in [1.54, 1.807) is 19.1 Å². The molecule has 1 aliphatic rings. The van der Waals surface area contributed by atoms with Gasteiger partial charge >= 0.3 is 0 Å². The second-order valence-corrected chi connectivity index (χ2v) is 5.05. The highest BCUT2D eigenvalue weighted by Gasteiger charge is 2.32. The summed E-state index contributed by atoms with van der Waals surface area (Å²) in [5.74, 6) is 0.232. The topological polar surface area (TPSA) is 67.9 Å². The third-order valence-corrected chi connectivity index (χ3v) is 3.37. The van der Waals surface area contributed by atoms with Crippen molar-refractivity contribution < 1.29 is 19.1 Å². The largest absolute Gasteiger partial charge is 0.479 e. The highest BCUT2D eigenvalue weighted by molar-refractivity contribution is 6.03. The maximum Gasteiger partial charge on any atom is 0.268 e. The highest BCUT2D eigenvalue weighted by atomic mass is 16.5. The summed E-state index contributed by atoms with van der Waals surface area (Å²) in [5.41, 5.74) is 0.634. The Labute approximate surface area is 130 Å². The number of hydrogen-bond donors (Lipinski definition) is 1. The average molecular weight is 306 g/mol. The van der Waals surface area contributed by atoms with Gasteiger partial charge in [0.05, 0.1) is 5.69 Å². The number of nitrogens with one attached hydrogen (secondary N) is 1. The van der Waals surface area contributed by atoms with Gasteiger partial charge in [0.2, 0.25) is 5.91 Å². The maximum atomic E-state index is 12.2. The average Bonchev–Trinajstić information content (AvgIpc) is 2.51. The quantitative estimate of drug-likeness (QED) is 0.772. The molecule has 0 saturated heterocycles. The molecule has 2 rings (SSSR count). The Morgan fingerprint density at radius 3 is 2.95 bits per heavy atom. The Morgan fingerprint density at radius 2 is 2.18 bits per heavy atom. The van der Waals surface area contributed by atoms with Crippen molar-refractivity contribution in [2.24, 2.45) is 0 Å². The first-order valence-electron chi connectivity index (χ1n) is 7.55. The van der Waals surface area contributed by atoms with Crippen LogP contribution in [0.25, 0.3) is 0 Å². The monoisotopic (exact) mass is 306 g/mol. The molecule has 2 amide bonds. The Kier molecular flexibility index (Phi) is 5.77. The smallest absolute Gasteiger partial charge is 0.268 e. The van der Waals surface area contributed by atoms with Crippen LogP contribution in [0.4, 0.5) is 5.69 Å². The fourth-order valence-electron chi connectivity index (χ4n) is 2.27. The summed E-state index contributed by atoms with van der Waals surface area (Å²) in [6, 6.07) is 7.23. The van der Waals surface area contributed by atoms with Gasteiger partial charge in [-0.1, -0.05) is 12.1 Å². The molecular weight excluding hydrogens is 284 g/mol. The Balaban J connectivity index is 1.93. The van der Waals surface area contributed by atoms with Crippen LogP contribution in [0.3, 0.4) is 0 Å².